The Labute approximate surface area is 160 Å². The molecule has 0 saturated heterocycles. The molecule has 7 heteroatoms. The lowest BCUT2D eigenvalue weighted by atomic mass is 10.1. The van der Waals surface area contributed by atoms with E-state index in [0.717, 1.165) is 5.56 Å². The zero-order valence-electron chi connectivity index (χ0n) is 14.5. The molecule has 0 spiro atoms. The van der Waals surface area contributed by atoms with Gasteiger partial charge in [-0.15, -0.1) is 22.7 Å². The maximum Gasteiger partial charge on any atom is 0.267 e. The molecule has 0 saturated carbocycles. The van der Waals surface area contributed by atoms with Crippen molar-refractivity contribution in [1.82, 2.24) is 9.88 Å². The van der Waals surface area contributed by atoms with Gasteiger partial charge in [0.1, 0.15) is 0 Å². The van der Waals surface area contributed by atoms with Crippen LogP contribution in [0.2, 0.25) is 0 Å². The summed E-state index contributed by atoms with van der Waals surface area (Å²) in [6.07, 6.45) is 0.207. The van der Waals surface area contributed by atoms with Crippen LogP contribution in [0.4, 0.5) is 5.13 Å². The highest BCUT2D eigenvalue weighted by Gasteiger charge is 2.19. The summed E-state index contributed by atoms with van der Waals surface area (Å²) in [6.45, 7) is 2.00. The summed E-state index contributed by atoms with van der Waals surface area (Å²) in [6, 6.07) is 13.5. The van der Waals surface area contributed by atoms with Gasteiger partial charge in [0, 0.05) is 12.4 Å². The molecular formula is C19H19N3O2S2. The predicted octanol–water partition coefficient (Wildman–Crippen LogP) is 4.22. The lowest BCUT2D eigenvalue weighted by molar-refractivity contribution is -0.131. The van der Waals surface area contributed by atoms with Crippen molar-refractivity contribution in [1.29, 1.82) is 0 Å². The van der Waals surface area contributed by atoms with Crippen molar-refractivity contribution in [3.63, 3.8) is 0 Å². The Hall–Kier alpha value is -2.51. The fourth-order valence-corrected chi connectivity index (χ4v) is 3.79. The van der Waals surface area contributed by atoms with Crippen molar-refractivity contribution >= 4 is 39.6 Å². The Morgan fingerprint density at radius 3 is 2.62 bits per heavy atom. The fraction of sp³-hybridized carbons (Fsp3) is 0.211. The number of hydrogen-bond donors (Lipinski definition) is 1. The Balaban J connectivity index is 1.59. The zero-order valence-corrected chi connectivity index (χ0v) is 16.1. The average Bonchev–Trinajstić information content (AvgIpc) is 3.33. The second-order valence-corrected chi connectivity index (χ2v) is 7.65. The number of rotatable bonds is 6. The zero-order chi connectivity index (χ0) is 18.5. The second-order valence-electron chi connectivity index (χ2n) is 5.84. The van der Waals surface area contributed by atoms with Crippen LogP contribution in [0.25, 0.3) is 0 Å². The molecule has 0 aliphatic heterocycles. The number of amides is 2. The Bertz CT molecular complexity index is 875. The third kappa shape index (κ3) is 4.36. The lowest BCUT2D eigenvalue weighted by Gasteiger charge is -2.25. The number of carbonyl (C=O) groups excluding carboxylic acids is 2. The second kappa shape index (κ2) is 8.25. The van der Waals surface area contributed by atoms with Crippen LogP contribution in [0.15, 0.2) is 53.2 Å². The summed E-state index contributed by atoms with van der Waals surface area (Å²) in [4.78, 5) is 31.3. The number of nitrogens with zero attached hydrogens (tertiary/aromatic N) is 2. The highest BCUT2D eigenvalue weighted by molar-refractivity contribution is 7.14. The lowest BCUT2D eigenvalue weighted by Crippen LogP contribution is -2.31. The largest absolute Gasteiger partial charge is 0.339 e. The minimum absolute atomic E-state index is 0.0113. The van der Waals surface area contributed by atoms with Crippen LogP contribution < -0.4 is 5.32 Å². The van der Waals surface area contributed by atoms with Gasteiger partial charge in [-0.25, -0.2) is 4.98 Å². The molecule has 1 aromatic carbocycles. The molecule has 26 heavy (non-hydrogen) atoms. The predicted molar refractivity (Wildman–Crippen MR) is 106 cm³/mol. The number of nitrogens with one attached hydrogen (secondary N) is 1. The first kappa shape index (κ1) is 18.3. The average molecular weight is 386 g/mol. The standard InChI is InChI=1S/C19H19N3O2S2/c1-13(14-7-4-3-5-8-14)22(2)17(23)11-15-12-26-19(20-15)21-18(24)16-9-6-10-25-16/h3-10,12-13H,11H2,1-2H3,(H,20,21,24). The highest BCUT2D eigenvalue weighted by Crippen LogP contribution is 2.21. The molecule has 1 N–H and O–H groups in total. The van der Waals surface area contributed by atoms with E-state index in [-0.39, 0.29) is 24.3 Å². The van der Waals surface area contributed by atoms with Gasteiger partial charge in [-0.1, -0.05) is 36.4 Å². The number of aromatic nitrogens is 1. The quantitative estimate of drug-likeness (QED) is 0.691. The van der Waals surface area contributed by atoms with E-state index in [1.165, 1.54) is 22.7 Å². The fourth-order valence-electron chi connectivity index (χ4n) is 2.46. The minimum Gasteiger partial charge on any atom is -0.339 e. The number of anilines is 1. The normalized spacial score (nSPS) is 11.8. The summed E-state index contributed by atoms with van der Waals surface area (Å²) in [5.74, 6) is -0.190. The molecular weight excluding hydrogens is 366 g/mol. The monoisotopic (exact) mass is 385 g/mol. The van der Waals surface area contributed by atoms with Crippen molar-refractivity contribution in [2.75, 3.05) is 12.4 Å². The van der Waals surface area contributed by atoms with Crippen LogP contribution in [0.5, 0.6) is 0 Å². The third-order valence-corrected chi connectivity index (χ3v) is 5.78. The van der Waals surface area contributed by atoms with Crippen LogP contribution in [-0.4, -0.2) is 28.7 Å². The molecule has 0 aliphatic carbocycles. The van der Waals surface area contributed by atoms with Crippen LogP contribution in [-0.2, 0) is 11.2 Å². The van der Waals surface area contributed by atoms with Gasteiger partial charge in [-0.3, -0.25) is 14.9 Å². The molecule has 2 aromatic heterocycles. The van der Waals surface area contributed by atoms with Crippen LogP contribution >= 0.6 is 22.7 Å². The van der Waals surface area contributed by atoms with Crippen molar-refractivity contribution < 1.29 is 9.59 Å². The molecule has 0 aliphatic rings. The van der Waals surface area contributed by atoms with Gasteiger partial charge in [0.25, 0.3) is 5.91 Å². The molecule has 0 fully saturated rings. The molecule has 0 radical (unpaired) electrons. The summed E-state index contributed by atoms with van der Waals surface area (Å²) in [5.41, 5.74) is 1.75. The van der Waals surface area contributed by atoms with Gasteiger partial charge in [0.15, 0.2) is 5.13 Å². The van der Waals surface area contributed by atoms with E-state index < -0.39 is 0 Å². The third-order valence-electron chi connectivity index (χ3n) is 4.11. The van der Waals surface area contributed by atoms with Gasteiger partial charge < -0.3 is 4.90 Å². The van der Waals surface area contributed by atoms with E-state index in [0.29, 0.717) is 15.7 Å². The first-order chi connectivity index (χ1) is 12.5. The van der Waals surface area contributed by atoms with Gasteiger partial charge in [-0.2, -0.15) is 0 Å². The maximum atomic E-state index is 12.6. The molecule has 134 valence electrons. The van der Waals surface area contributed by atoms with Crippen molar-refractivity contribution in [3.8, 4) is 0 Å². The van der Waals surface area contributed by atoms with E-state index in [9.17, 15) is 9.59 Å². The SMILES string of the molecule is CC(c1ccccc1)N(C)C(=O)Cc1csc(NC(=O)c2cccs2)n1. The van der Waals surface area contributed by atoms with Crippen molar-refractivity contribution in [2.45, 2.75) is 19.4 Å². The van der Waals surface area contributed by atoms with Crippen molar-refractivity contribution in [2.24, 2.45) is 0 Å². The Kier molecular flexibility index (Phi) is 5.80. The van der Waals surface area contributed by atoms with Gasteiger partial charge >= 0.3 is 0 Å². The van der Waals surface area contributed by atoms with Crippen LogP contribution in [0.1, 0.15) is 33.9 Å². The first-order valence-corrected chi connectivity index (χ1v) is 9.90. The van der Waals surface area contributed by atoms with E-state index >= 15 is 0 Å². The minimum atomic E-state index is -0.179. The van der Waals surface area contributed by atoms with Gasteiger partial charge in [-0.05, 0) is 23.9 Å². The number of thiazole rings is 1. The molecule has 1 unspecified atom stereocenters. The number of hydrogen-bond acceptors (Lipinski definition) is 5. The number of likely N-dealkylation sites (N-methyl/N-ethyl adjacent to an activating group) is 1. The molecule has 0 bridgehead atoms. The topological polar surface area (TPSA) is 62.3 Å². The smallest absolute Gasteiger partial charge is 0.267 e. The van der Waals surface area contributed by atoms with Gasteiger partial charge in [0.05, 0.1) is 23.0 Å². The molecule has 2 amide bonds. The number of thiophene rings is 1. The number of benzene rings is 1. The molecule has 3 aromatic rings. The Morgan fingerprint density at radius 1 is 1.15 bits per heavy atom. The summed E-state index contributed by atoms with van der Waals surface area (Å²) in [5, 5.41) is 6.93. The Morgan fingerprint density at radius 2 is 1.92 bits per heavy atom. The first-order valence-electron chi connectivity index (χ1n) is 8.14. The van der Waals surface area contributed by atoms with E-state index in [4.69, 9.17) is 0 Å². The van der Waals surface area contributed by atoms with E-state index in [1.54, 1.807) is 18.0 Å². The maximum absolute atomic E-state index is 12.6. The summed E-state index contributed by atoms with van der Waals surface area (Å²) in [7, 11) is 1.80. The van der Waals surface area contributed by atoms with E-state index in [2.05, 4.69) is 10.3 Å². The summed E-state index contributed by atoms with van der Waals surface area (Å²) < 4.78 is 0. The molecule has 3 rings (SSSR count). The number of carbonyl (C=O) groups is 2. The molecule has 1 atom stereocenters. The highest BCUT2D eigenvalue weighted by atomic mass is 32.1. The van der Waals surface area contributed by atoms with Gasteiger partial charge in [0.2, 0.25) is 5.91 Å². The molecule has 5 nitrogen and oxygen atoms in total. The van der Waals surface area contributed by atoms with Crippen LogP contribution in [0.3, 0.4) is 0 Å². The van der Waals surface area contributed by atoms with Crippen molar-refractivity contribution in [3.05, 3.63) is 69.4 Å². The molecule has 2 heterocycles. The van der Waals surface area contributed by atoms with Crippen LogP contribution in [0, 0.1) is 0 Å². The van der Waals surface area contributed by atoms with E-state index in [1.807, 2.05) is 54.1 Å². The summed E-state index contributed by atoms with van der Waals surface area (Å²) >= 11 is 2.70.